The first-order valence-electron chi connectivity index (χ1n) is 8.26. The van der Waals surface area contributed by atoms with Gasteiger partial charge in [-0.1, -0.05) is 98.3 Å². The fraction of sp³-hybridized carbons (Fsp3) is 0.130. The minimum absolute atomic E-state index is 0.248. The van der Waals surface area contributed by atoms with E-state index in [1.807, 2.05) is 30.3 Å². The number of benzene rings is 3. The van der Waals surface area contributed by atoms with Crippen molar-refractivity contribution < 1.29 is 0 Å². The van der Waals surface area contributed by atoms with E-state index >= 15 is 0 Å². The molecular weight excluding hydrogens is 436 g/mol. The van der Waals surface area contributed by atoms with Crippen LogP contribution in [0.4, 0.5) is 0 Å². The van der Waals surface area contributed by atoms with Gasteiger partial charge in [0.25, 0.3) is 0 Å². The van der Waals surface area contributed by atoms with Crippen LogP contribution in [0.5, 0.6) is 0 Å². The Hall–Kier alpha value is -1.82. The highest BCUT2D eigenvalue weighted by Crippen LogP contribution is 2.24. The van der Waals surface area contributed by atoms with Crippen molar-refractivity contribution in [3.63, 3.8) is 0 Å². The predicted molar refractivity (Wildman–Crippen MR) is 113 cm³/mol. The van der Waals surface area contributed by atoms with Crippen molar-refractivity contribution in [2.75, 3.05) is 0 Å². The SMILES string of the molecule is Brc1ccccc1CC(C#Cc1ccccc1)Cc1ccccc1Br. The van der Waals surface area contributed by atoms with E-state index in [2.05, 4.69) is 92.2 Å². The summed E-state index contributed by atoms with van der Waals surface area (Å²) in [5, 5.41) is 0. The van der Waals surface area contributed by atoms with Crippen molar-refractivity contribution in [1.29, 1.82) is 0 Å². The standard InChI is InChI=1S/C23H18Br2/c24-22-12-6-4-10-20(22)16-19(15-14-18-8-2-1-3-9-18)17-21-11-5-7-13-23(21)25/h1-13,19H,16-17H2. The highest BCUT2D eigenvalue weighted by atomic mass is 79.9. The monoisotopic (exact) mass is 452 g/mol. The van der Waals surface area contributed by atoms with Crippen LogP contribution in [0.25, 0.3) is 0 Å². The molecule has 0 saturated carbocycles. The van der Waals surface area contributed by atoms with Gasteiger partial charge < -0.3 is 0 Å². The van der Waals surface area contributed by atoms with Gasteiger partial charge in [-0.2, -0.15) is 0 Å². The zero-order chi connectivity index (χ0) is 17.5. The fourth-order valence-corrected chi connectivity index (χ4v) is 3.63. The lowest BCUT2D eigenvalue weighted by molar-refractivity contribution is 0.664. The lowest BCUT2D eigenvalue weighted by atomic mass is 9.92. The van der Waals surface area contributed by atoms with Gasteiger partial charge in [-0.05, 0) is 48.2 Å². The Labute approximate surface area is 166 Å². The van der Waals surface area contributed by atoms with Gasteiger partial charge in [0.05, 0.1) is 0 Å². The van der Waals surface area contributed by atoms with Gasteiger partial charge >= 0.3 is 0 Å². The molecule has 0 nitrogen and oxygen atoms in total. The van der Waals surface area contributed by atoms with E-state index in [-0.39, 0.29) is 5.92 Å². The Morgan fingerprint density at radius 1 is 0.640 bits per heavy atom. The highest BCUT2D eigenvalue weighted by Gasteiger charge is 2.12. The third-order valence-electron chi connectivity index (χ3n) is 4.04. The van der Waals surface area contributed by atoms with Crippen LogP contribution in [-0.4, -0.2) is 0 Å². The van der Waals surface area contributed by atoms with Crippen molar-refractivity contribution in [3.05, 3.63) is 104 Å². The second-order valence-electron chi connectivity index (χ2n) is 5.92. The van der Waals surface area contributed by atoms with E-state index in [0.29, 0.717) is 0 Å². The summed E-state index contributed by atoms with van der Waals surface area (Å²) in [6.07, 6.45) is 1.84. The molecule has 0 fully saturated rings. The second-order valence-corrected chi connectivity index (χ2v) is 7.63. The van der Waals surface area contributed by atoms with Crippen LogP contribution in [-0.2, 0) is 12.8 Å². The minimum Gasteiger partial charge on any atom is -0.0938 e. The molecule has 0 aromatic heterocycles. The predicted octanol–water partition coefficient (Wildman–Crippen LogP) is 6.66. The summed E-state index contributed by atoms with van der Waals surface area (Å²) in [5.74, 6) is 7.09. The first kappa shape index (κ1) is 18.0. The largest absolute Gasteiger partial charge is 0.0938 e. The molecule has 0 aliphatic carbocycles. The molecule has 0 N–H and O–H groups in total. The molecule has 0 aliphatic heterocycles. The number of hydrogen-bond donors (Lipinski definition) is 0. The van der Waals surface area contributed by atoms with Gasteiger partial charge in [0.1, 0.15) is 0 Å². The molecule has 0 amide bonds. The van der Waals surface area contributed by atoms with E-state index in [1.165, 1.54) is 11.1 Å². The molecule has 0 radical (unpaired) electrons. The lowest BCUT2D eigenvalue weighted by Crippen LogP contribution is -2.07. The van der Waals surface area contributed by atoms with Gasteiger partial charge in [0.15, 0.2) is 0 Å². The first-order chi connectivity index (χ1) is 12.2. The molecule has 0 atom stereocenters. The summed E-state index contributed by atoms with van der Waals surface area (Å²) in [7, 11) is 0. The Balaban J connectivity index is 1.87. The van der Waals surface area contributed by atoms with Crippen LogP contribution < -0.4 is 0 Å². The zero-order valence-corrected chi connectivity index (χ0v) is 16.9. The van der Waals surface area contributed by atoms with Crippen LogP contribution in [0.1, 0.15) is 16.7 Å². The fourth-order valence-electron chi connectivity index (χ4n) is 2.74. The normalized spacial score (nSPS) is 10.4. The van der Waals surface area contributed by atoms with Gasteiger partial charge in [-0.25, -0.2) is 0 Å². The average molecular weight is 454 g/mol. The summed E-state index contributed by atoms with van der Waals surface area (Å²) in [6, 6.07) is 27.0. The van der Waals surface area contributed by atoms with Crippen molar-refractivity contribution in [2.24, 2.45) is 5.92 Å². The van der Waals surface area contributed by atoms with E-state index in [0.717, 1.165) is 27.4 Å². The van der Waals surface area contributed by atoms with Crippen molar-refractivity contribution in [2.45, 2.75) is 12.8 Å². The summed E-state index contributed by atoms with van der Waals surface area (Å²) in [5.41, 5.74) is 3.65. The minimum atomic E-state index is 0.248. The molecule has 0 spiro atoms. The lowest BCUT2D eigenvalue weighted by Gasteiger charge is -2.13. The van der Waals surface area contributed by atoms with E-state index in [4.69, 9.17) is 0 Å². The number of halogens is 2. The molecule has 0 unspecified atom stereocenters. The van der Waals surface area contributed by atoms with Gasteiger partial charge in [0, 0.05) is 20.4 Å². The molecule has 124 valence electrons. The molecule has 0 bridgehead atoms. The van der Waals surface area contributed by atoms with Crippen LogP contribution in [0.2, 0.25) is 0 Å². The summed E-state index contributed by atoms with van der Waals surface area (Å²) in [6.45, 7) is 0. The molecule has 0 saturated heterocycles. The number of rotatable bonds is 4. The van der Waals surface area contributed by atoms with E-state index < -0.39 is 0 Å². The first-order valence-corrected chi connectivity index (χ1v) is 9.84. The maximum atomic E-state index is 3.66. The summed E-state index contributed by atoms with van der Waals surface area (Å²) < 4.78 is 2.29. The number of hydrogen-bond acceptors (Lipinski definition) is 0. The topological polar surface area (TPSA) is 0 Å². The molecule has 2 heteroatoms. The third kappa shape index (κ3) is 5.33. The molecule has 3 rings (SSSR count). The van der Waals surface area contributed by atoms with Gasteiger partial charge in [-0.3, -0.25) is 0 Å². The van der Waals surface area contributed by atoms with Crippen LogP contribution >= 0.6 is 31.9 Å². The quantitative estimate of drug-likeness (QED) is 0.387. The van der Waals surface area contributed by atoms with E-state index in [1.54, 1.807) is 0 Å². The smallest absolute Gasteiger partial charge is 0.0288 e. The Morgan fingerprint density at radius 2 is 1.12 bits per heavy atom. The average Bonchev–Trinajstić information content (AvgIpc) is 2.64. The van der Waals surface area contributed by atoms with E-state index in [9.17, 15) is 0 Å². The van der Waals surface area contributed by atoms with Crippen LogP contribution in [0, 0.1) is 17.8 Å². The maximum absolute atomic E-state index is 3.66. The molecular formula is C23H18Br2. The second kappa shape index (κ2) is 9.04. The Morgan fingerprint density at radius 3 is 1.64 bits per heavy atom. The Bertz CT molecular complexity index is 841. The van der Waals surface area contributed by atoms with Crippen LogP contribution in [0.3, 0.4) is 0 Å². The van der Waals surface area contributed by atoms with Crippen molar-refractivity contribution in [3.8, 4) is 11.8 Å². The maximum Gasteiger partial charge on any atom is 0.0288 e. The molecule has 25 heavy (non-hydrogen) atoms. The van der Waals surface area contributed by atoms with Gasteiger partial charge in [-0.15, -0.1) is 0 Å². The molecule has 0 heterocycles. The van der Waals surface area contributed by atoms with Crippen LogP contribution in [0.15, 0.2) is 87.8 Å². The summed E-state index contributed by atoms with van der Waals surface area (Å²) >= 11 is 7.33. The third-order valence-corrected chi connectivity index (χ3v) is 5.59. The van der Waals surface area contributed by atoms with Crippen molar-refractivity contribution in [1.82, 2.24) is 0 Å². The Kier molecular flexibility index (Phi) is 6.50. The molecule has 3 aromatic carbocycles. The molecule has 3 aromatic rings. The van der Waals surface area contributed by atoms with Crippen molar-refractivity contribution >= 4 is 31.9 Å². The summed E-state index contributed by atoms with van der Waals surface area (Å²) in [4.78, 5) is 0. The molecule has 0 aliphatic rings. The zero-order valence-electron chi connectivity index (χ0n) is 13.8. The van der Waals surface area contributed by atoms with Gasteiger partial charge in [0.2, 0.25) is 0 Å². The highest BCUT2D eigenvalue weighted by molar-refractivity contribution is 9.10.